The van der Waals surface area contributed by atoms with E-state index in [9.17, 15) is 4.79 Å². The number of aromatic carboxylic acids is 1. The average molecular weight is 213 g/mol. The summed E-state index contributed by atoms with van der Waals surface area (Å²) >= 11 is 0. The molecular weight excluding hydrogens is 198 g/mol. The van der Waals surface area contributed by atoms with E-state index in [1.54, 1.807) is 7.11 Å². The number of nitrogen functional groups attached to an aromatic ring is 1. The highest BCUT2D eigenvalue weighted by Gasteiger charge is 2.14. The van der Waals surface area contributed by atoms with E-state index in [0.29, 0.717) is 6.54 Å². The van der Waals surface area contributed by atoms with Gasteiger partial charge in [-0.25, -0.2) is 4.79 Å². The number of hydrogen-bond acceptors (Lipinski definition) is 4. The molecule has 1 atom stereocenters. The summed E-state index contributed by atoms with van der Waals surface area (Å²) in [5.41, 5.74) is 5.56. The van der Waals surface area contributed by atoms with Gasteiger partial charge in [0.1, 0.15) is 0 Å². The zero-order valence-corrected chi connectivity index (χ0v) is 8.80. The number of carbonyl (C=O) groups is 1. The van der Waals surface area contributed by atoms with E-state index >= 15 is 0 Å². The molecule has 84 valence electrons. The topological polar surface area (TPSA) is 90.4 Å². The van der Waals surface area contributed by atoms with Crippen LogP contribution in [0.3, 0.4) is 0 Å². The number of nitrogens with zero attached hydrogens (tertiary/aromatic N) is 2. The molecule has 1 aromatic heterocycles. The van der Waals surface area contributed by atoms with Gasteiger partial charge in [-0.15, -0.1) is 0 Å². The van der Waals surface area contributed by atoms with Crippen LogP contribution in [0.25, 0.3) is 0 Å². The van der Waals surface area contributed by atoms with Gasteiger partial charge in [0.15, 0.2) is 5.69 Å². The first-order valence-corrected chi connectivity index (χ1v) is 4.67. The molecule has 0 aliphatic carbocycles. The Morgan fingerprint density at radius 2 is 2.47 bits per heavy atom. The minimum Gasteiger partial charge on any atom is -0.476 e. The molecule has 0 bridgehead atoms. The van der Waals surface area contributed by atoms with Crippen molar-refractivity contribution < 1.29 is 14.6 Å². The minimum absolute atomic E-state index is 0.0194. The molecule has 1 aromatic rings. The molecule has 0 aliphatic heterocycles. The van der Waals surface area contributed by atoms with Crippen LogP contribution in [0.5, 0.6) is 0 Å². The van der Waals surface area contributed by atoms with Crippen LogP contribution in [-0.2, 0) is 11.3 Å². The van der Waals surface area contributed by atoms with Gasteiger partial charge in [-0.1, -0.05) is 6.92 Å². The fourth-order valence-corrected chi connectivity index (χ4v) is 1.28. The molecule has 0 radical (unpaired) electrons. The highest BCUT2D eigenvalue weighted by molar-refractivity contribution is 5.91. The number of ether oxygens (including phenoxy) is 1. The summed E-state index contributed by atoms with van der Waals surface area (Å²) in [5, 5.41) is 12.6. The summed E-state index contributed by atoms with van der Waals surface area (Å²) in [6, 6.07) is 0. The zero-order valence-electron chi connectivity index (χ0n) is 8.80. The van der Waals surface area contributed by atoms with Crippen molar-refractivity contribution in [2.24, 2.45) is 0 Å². The van der Waals surface area contributed by atoms with Gasteiger partial charge in [-0.2, -0.15) is 5.10 Å². The van der Waals surface area contributed by atoms with Gasteiger partial charge in [0.05, 0.1) is 18.3 Å². The van der Waals surface area contributed by atoms with E-state index in [4.69, 9.17) is 15.6 Å². The highest BCUT2D eigenvalue weighted by Crippen LogP contribution is 2.10. The van der Waals surface area contributed by atoms with E-state index in [1.807, 2.05) is 6.92 Å². The molecule has 1 heterocycles. The summed E-state index contributed by atoms with van der Waals surface area (Å²) in [4.78, 5) is 10.7. The molecule has 0 saturated heterocycles. The number of methoxy groups -OCH3 is 1. The van der Waals surface area contributed by atoms with Gasteiger partial charge in [0.25, 0.3) is 0 Å². The fraction of sp³-hybridized carbons (Fsp3) is 0.556. The molecule has 15 heavy (non-hydrogen) atoms. The van der Waals surface area contributed by atoms with Crippen LogP contribution in [0.2, 0.25) is 0 Å². The number of rotatable bonds is 5. The van der Waals surface area contributed by atoms with Crippen LogP contribution in [0.1, 0.15) is 23.8 Å². The van der Waals surface area contributed by atoms with Crippen LogP contribution in [0, 0.1) is 0 Å². The largest absolute Gasteiger partial charge is 0.476 e. The second kappa shape index (κ2) is 4.79. The Labute approximate surface area is 87.6 Å². The molecule has 1 unspecified atom stereocenters. The van der Waals surface area contributed by atoms with Gasteiger partial charge in [-0.3, -0.25) is 4.68 Å². The van der Waals surface area contributed by atoms with Gasteiger partial charge >= 0.3 is 5.97 Å². The van der Waals surface area contributed by atoms with Crippen molar-refractivity contribution in [3.05, 3.63) is 11.9 Å². The first-order valence-electron chi connectivity index (χ1n) is 4.67. The Morgan fingerprint density at radius 1 is 1.80 bits per heavy atom. The number of carboxylic acid groups (broad SMARTS) is 1. The van der Waals surface area contributed by atoms with E-state index in [-0.39, 0.29) is 17.5 Å². The lowest BCUT2D eigenvalue weighted by molar-refractivity contribution is 0.0682. The molecule has 6 nitrogen and oxygen atoms in total. The quantitative estimate of drug-likeness (QED) is 0.747. The molecule has 0 spiro atoms. The Bertz CT molecular complexity index is 344. The summed E-state index contributed by atoms with van der Waals surface area (Å²) in [5.74, 6) is -1.11. The van der Waals surface area contributed by atoms with Crippen molar-refractivity contribution in [3.8, 4) is 0 Å². The van der Waals surface area contributed by atoms with Gasteiger partial charge in [-0.05, 0) is 6.42 Å². The number of carboxylic acids is 1. The van der Waals surface area contributed by atoms with E-state index in [1.165, 1.54) is 10.9 Å². The molecule has 0 amide bonds. The average Bonchev–Trinajstić information content (AvgIpc) is 2.56. The number of hydrogen-bond donors (Lipinski definition) is 2. The number of anilines is 1. The standard InChI is InChI=1S/C9H15N3O3/c1-3-6(15-2)4-12-5-7(10)8(11-12)9(13)14/h5-6H,3-4,10H2,1-2H3,(H,13,14). The van der Waals surface area contributed by atoms with Gasteiger partial charge in [0, 0.05) is 13.3 Å². The van der Waals surface area contributed by atoms with Crippen molar-refractivity contribution in [3.63, 3.8) is 0 Å². The second-order valence-corrected chi connectivity index (χ2v) is 3.23. The van der Waals surface area contributed by atoms with Gasteiger partial charge < -0.3 is 15.6 Å². The van der Waals surface area contributed by atoms with Crippen LogP contribution in [0.15, 0.2) is 6.20 Å². The summed E-state index contributed by atoms with van der Waals surface area (Å²) in [6.07, 6.45) is 2.36. The summed E-state index contributed by atoms with van der Waals surface area (Å²) in [7, 11) is 1.61. The molecule has 0 aliphatic rings. The third-order valence-corrected chi connectivity index (χ3v) is 2.17. The molecule has 0 fully saturated rings. The third-order valence-electron chi connectivity index (χ3n) is 2.17. The van der Waals surface area contributed by atoms with E-state index < -0.39 is 5.97 Å². The number of nitrogens with two attached hydrogens (primary N) is 1. The van der Waals surface area contributed by atoms with Crippen LogP contribution >= 0.6 is 0 Å². The molecule has 0 saturated carbocycles. The summed E-state index contributed by atoms with van der Waals surface area (Å²) in [6.45, 7) is 2.49. The predicted octanol–water partition coefficient (Wildman–Crippen LogP) is 0.588. The van der Waals surface area contributed by atoms with Crippen molar-refractivity contribution in [2.75, 3.05) is 12.8 Å². The number of aromatic nitrogens is 2. The zero-order chi connectivity index (χ0) is 11.4. The molecule has 3 N–H and O–H groups in total. The van der Waals surface area contributed by atoms with Crippen molar-refractivity contribution >= 4 is 11.7 Å². The molecular formula is C9H15N3O3. The Kier molecular flexibility index (Phi) is 3.68. The normalized spacial score (nSPS) is 12.7. The predicted molar refractivity (Wildman–Crippen MR) is 54.7 cm³/mol. The smallest absolute Gasteiger partial charge is 0.358 e. The Hall–Kier alpha value is -1.56. The lowest BCUT2D eigenvalue weighted by atomic mass is 10.3. The Balaban J connectivity index is 2.79. The molecule has 1 rings (SSSR count). The Morgan fingerprint density at radius 3 is 2.87 bits per heavy atom. The minimum atomic E-state index is -1.11. The maximum atomic E-state index is 10.7. The van der Waals surface area contributed by atoms with Crippen molar-refractivity contribution in [1.29, 1.82) is 0 Å². The fourth-order valence-electron chi connectivity index (χ4n) is 1.28. The van der Waals surface area contributed by atoms with Crippen molar-refractivity contribution in [1.82, 2.24) is 9.78 Å². The van der Waals surface area contributed by atoms with Crippen LogP contribution in [-0.4, -0.2) is 34.1 Å². The lowest BCUT2D eigenvalue weighted by Crippen LogP contribution is -2.18. The summed E-state index contributed by atoms with van der Waals surface area (Å²) < 4.78 is 6.66. The maximum Gasteiger partial charge on any atom is 0.358 e. The van der Waals surface area contributed by atoms with E-state index in [0.717, 1.165) is 6.42 Å². The third kappa shape index (κ3) is 2.69. The monoisotopic (exact) mass is 213 g/mol. The maximum absolute atomic E-state index is 10.7. The lowest BCUT2D eigenvalue weighted by Gasteiger charge is -2.12. The van der Waals surface area contributed by atoms with Crippen LogP contribution < -0.4 is 5.73 Å². The van der Waals surface area contributed by atoms with Gasteiger partial charge in [0.2, 0.25) is 0 Å². The van der Waals surface area contributed by atoms with Crippen molar-refractivity contribution in [2.45, 2.75) is 26.0 Å². The molecule has 6 heteroatoms. The first kappa shape index (κ1) is 11.5. The second-order valence-electron chi connectivity index (χ2n) is 3.23. The first-order chi connectivity index (χ1) is 7.08. The molecule has 0 aromatic carbocycles. The van der Waals surface area contributed by atoms with E-state index in [2.05, 4.69) is 5.10 Å². The SMILES string of the molecule is CCC(Cn1cc(N)c(C(=O)O)n1)OC. The van der Waals surface area contributed by atoms with Crippen LogP contribution in [0.4, 0.5) is 5.69 Å². The highest BCUT2D eigenvalue weighted by atomic mass is 16.5.